The molecule has 30 heavy (non-hydrogen) atoms. The molecule has 0 atom stereocenters. The van der Waals surface area contributed by atoms with E-state index in [0.717, 1.165) is 12.1 Å². The number of amides is 3. The van der Waals surface area contributed by atoms with E-state index in [1.165, 1.54) is 13.2 Å². The molecule has 160 valence electrons. The van der Waals surface area contributed by atoms with Gasteiger partial charge in [0.05, 0.1) is 20.2 Å². The second-order valence-corrected chi connectivity index (χ2v) is 6.29. The molecule has 0 unspecified atom stereocenters. The van der Waals surface area contributed by atoms with Crippen molar-refractivity contribution in [1.82, 2.24) is 5.32 Å². The zero-order chi connectivity index (χ0) is 22.1. The van der Waals surface area contributed by atoms with E-state index < -0.39 is 29.4 Å². The van der Waals surface area contributed by atoms with Crippen molar-refractivity contribution >= 4 is 29.1 Å². The van der Waals surface area contributed by atoms with Crippen molar-refractivity contribution in [1.29, 1.82) is 0 Å². The van der Waals surface area contributed by atoms with Gasteiger partial charge in [-0.3, -0.25) is 14.4 Å². The van der Waals surface area contributed by atoms with Crippen LogP contribution in [0.4, 0.5) is 20.2 Å². The Morgan fingerprint density at radius 3 is 2.33 bits per heavy atom. The van der Waals surface area contributed by atoms with Crippen molar-refractivity contribution in [2.24, 2.45) is 5.73 Å². The summed E-state index contributed by atoms with van der Waals surface area (Å²) in [6.07, 6.45) is 0.0376. The first kappa shape index (κ1) is 22.6. The summed E-state index contributed by atoms with van der Waals surface area (Å²) in [5.41, 5.74) is 5.93. The van der Waals surface area contributed by atoms with Crippen LogP contribution in [0, 0.1) is 11.6 Å². The number of anilines is 2. The van der Waals surface area contributed by atoms with E-state index in [1.54, 1.807) is 29.2 Å². The standard InChI is InChI=1S/C20H22F2N4O4/c1-30-15-5-3-14(4-6-15)26(9-8-18(23)27)12-20(29)24-11-19(28)25-13-2-7-16(21)17(22)10-13/h2-7,10H,8-9,11-12H2,1H3,(H2,23,27)(H,24,29)(H,25,28). The van der Waals surface area contributed by atoms with Crippen LogP contribution in [0.25, 0.3) is 0 Å². The fourth-order valence-electron chi connectivity index (χ4n) is 2.52. The Morgan fingerprint density at radius 1 is 1.03 bits per heavy atom. The molecule has 0 saturated heterocycles. The Balaban J connectivity index is 1.92. The molecular formula is C20H22F2N4O4. The number of rotatable bonds is 10. The Bertz CT molecular complexity index is 906. The molecule has 3 amide bonds. The highest BCUT2D eigenvalue weighted by molar-refractivity contribution is 5.95. The fourth-order valence-corrected chi connectivity index (χ4v) is 2.52. The molecule has 0 saturated carbocycles. The first-order chi connectivity index (χ1) is 14.3. The Labute approximate surface area is 172 Å². The van der Waals surface area contributed by atoms with Gasteiger partial charge in [0.1, 0.15) is 5.75 Å². The molecule has 8 nitrogen and oxygen atoms in total. The number of nitrogens with two attached hydrogens (primary N) is 1. The fraction of sp³-hybridized carbons (Fsp3) is 0.250. The van der Waals surface area contributed by atoms with Gasteiger partial charge in [0, 0.05) is 30.4 Å². The summed E-state index contributed by atoms with van der Waals surface area (Å²) in [5, 5.41) is 4.79. The number of carbonyl (C=O) groups is 3. The van der Waals surface area contributed by atoms with Crippen molar-refractivity contribution < 1.29 is 27.9 Å². The highest BCUT2D eigenvalue weighted by Crippen LogP contribution is 2.19. The molecule has 2 aromatic carbocycles. The van der Waals surface area contributed by atoms with Gasteiger partial charge in [0.25, 0.3) is 0 Å². The smallest absolute Gasteiger partial charge is 0.243 e. The number of nitrogens with one attached hydrogen (secondary N) is 2. The van der Waals surface area contributed by atoms with Crippen LogP contribution in [0.15, 0.2) is 42.5 Å². The maximum atomic E-state index is 13.2. The minimum atomic E-state index is -1.10. The maximum Gasteiger partial charge on any atom is 0.243 e. The van der Waals surface area contributed by atoms with E-state index in [9.17, 15) is 23.2 Å². The summed E-state index contributed by atoms with van der Waals surface area (Å²) in [5.74, 6) is -3.10. The third-order valence-corrected chi connectivity index (χ3v) is 4.05. The number of nitrogens with zero attached hydrogens (tertiary/aromatic N) is 1. The highest BCUT2D eigenvalue weighted by Gasteiger charge is 2.14. The molecule has 0 fully saturated rings. The van der Waals surface area contributed by atoms with E-state index >= 15 is 0 Å². The molecule has 0 bridgehead atoms. The summed E-state index contributed by atoms with van der Waals surface area (Å²) in [6, 6.07) is 9.79. The Kier molecular flexibility index (Phi) is 8.09. The lowest BCUT2D eigenvalue weighted by Crippen LogP contribution is -2.41. The van der Waals surface area contributed by atoms with Crippen LogP contribution in [0.5, 0.6) is 5.75 Å². The largest absolute Gasteiger partial charge is 0.497 e. The van der Waals surface area contributed by atoms with Crippen LogP contribution >= 0.6 is 0 Å². The molecular weight excluding hydrogens is 398 g/mol. The molecule has 0 radical (unpaired) electrons. The van der Waals surface area contributed by atoms with E-state index in [0.29, 0.717) is 11.4 Å². The predicted molar refractivity (Wildman–Crippen MR) is 107 cm³/mol. The average molecular weight is 420 g/mol. The molecule has 0 spiro atoms. The minimum absolute atomic E-state index is 0.0376. The lowest BCUT2D eigenvalue weighted by Gasteiger charge is -2.24. The van der Waals surface area contributed by atoms with Gasteiger partial charge in [-0.1, -0.05) is 0 Å². The van der Waals surface area contributed by atoms with E-state index in [2.05, 4.69) is 10.6 Å². The SMILES string of the molecule is COc1ccc(N(CCC(N)=O)CC(=O)NCC(=O)Nc2ccc(F)c(F)c2)cc1. The second kappa shape index (κ2) is 10.7. The average Bonchev–Trinajstić information content (AvgIpc) is 2.72. The predicted octanol–water partition coefficient (Wildman–Crippen LogP) is 1.41. The monoisotopic (exact) mass is 420 g/mol. The molecule has 2 aromatic rings. The number of methoxy groups -OCH3 is 1. The van der Waals surface area contributed by atoms with Gasteiger partial charge in [-0.15, -0.1) is 0 Å². The number of primary amides is 1. The second-order valence-electron chi connectivity index (χ2n) is 6.29. The van der Waals surface area contributed by atoms with Crippen LogP contribution in [-0.2, 0) is 14.4 Å². The van der Waals surface area contributed by atoms with Crippen LogP contribution in [0.1, 0.15) is 6.42 Å². The molecule has 2 rings (SSSR count). The van der Waals surface area contributed by atoms with E-state index in [4.69, 9.17) is 10.5 Å². The van der Waals surface area contributed by atoms with E-state index in [1.807, 2.05) is 0 Å². The van der Waals surface area contributed by atoms with Gasteiger partial charge in [-0.05, 0) is 36.4 Å². The van der Waals surface area contributed by atoms with Crippen LogP contribution in [0.3, 0.4) is 0 Å². The Hall–Kier alpha value is -3.69. The third kappa shape index (κ3) is 7.04. The van der Waals surface area contributed by atoms with Gasteiger partial charge >= 0.3 is 0 Å². The number of hydrogen-bond donors (Lipinski definition) is 3. The zero-order valence-electron chi connectivity index (χ0n) is 16.3. The van der Waals surface area contributed by atoms with Crippen LogP contribution in [0.2, 0.25) is 0 Å². The highest BCUT2D eigenvalue weighted by atomic mass is 19.2. The number of hydrogen-bond acceptors (Lipinski definition) is 5. The topological polar surface area (TPSA) is 114 Å². The molecule has 0 aliphatic carbocycles. The molecule has 0 aliphatic rings. The molecule has 0 heterocycles. The normalized spacial score (nSPS) is 10.2. The lowest BCUT2D eigenvalue weighted by atomic mass is 10.2. The molecule has 10 heteroatoms. The molecule has 0 aromatic heterocycles. The van der Waals surface area contributed by atoms with E-state index in [-0.39, 0.29) is 31.7 Å². The van der Waals surface area contributed by atoms with Gasteiger partial charge in [-0.2, -0.15) is 0 Å². The number of carbonyl (C=O) groups excluding carboxylic acids is 3. The molecule has 4 N–H and O–H groups in total. The summed E-state index contributed by atoms with van der Waals surface area (Å²) in [4.78, 5) is 36.9. The first-order valence-corrected chi connectivity index (χ1v) is 8.97. The molecule has 0 aliphatic heterocycles. The van der Waals surface area contributed by atoms with Gasteiger partial charge in [-0.25, -0.2) is 8.78 Å². The summed E-state index contributed by atoms with van der Waals surface area (Å²) >= 11 is 0. The van der Waals surface area contributed by atoms with Crippen LogP contribution in [-0.4, -0.2) is 44.5 Å². The van der Waals surface area contributed by atoms with Crippen LogP contribution < -0.4 is 26.0 Å². The number of benzene rings is 2. The summed E-state index contributed by atoms with van der Waals surface area (Å²) in [6.45, 7) is -0.293. The van der Waals surface area contributed by atoms with Gasteiger partial charge in [0.2, 0.25) is 17.7 Å². The maximum absolute atomic E-state index is 13.2. The van der Waals surface area contributed by atoms with Crippen molar-refractivity contribution in [2.45, 2.75) is 6.42 Å². The van der Waals surface area contributed by atoms with Crippen molar-refractivity contribution in [3.63, 3.8) is 0 Å². The van der Waals surface area contributed by atoms with Gasteiger partial charge < -0.3 is 26.0 Å². The van der Waals surface area contributed by atoms with Crippen molar-refractivity contribution in [3.05, 3.63) is 54.1 Å². The van der Waals surface area contributed by atoms with Gasteiger partial charge in [0.15, 0.2) is 11.6 Å². The third-order valence-electron chi connectivity index (χ3n) is 4.05. The first-order valence-electron chi connectivity index (χ1n) is 8.97. The minimum Gasteiger partial charge on any atom is -0.497 e. The Morgan fingerprint density at radius 2 is 1.73 bits per heavy atom. The number of halogens is 2. The van der Waals surface area contributed by atoms with Crippen molar-refractivity contribution in [2.75, 3.05) is 37.0 Å². The quantitative estimate of drug-likeness (QED) is 0.538. The summed E-state index contributed by atoms with van der Waals surface area (Å²) < 4.78 is 31.2. The lowest BCUT2D eigenvalue weighted by molar-refractivity contribution is -0.123. The zero-order valence-corrected chi connectivity index (χ0v) is 16.3. The number of ether oxygens (including phenoxy) is 1. The summed E-state index contributed by atoms with van der Waals surface area (Å²) in [7, 11) is 1.53. The van der Waals surface area contributed by atoms with Crippen molar-refractivity contribution in [3.8, 4) is 5.75 Å².